The SMILES string of the molecule is CC1NCCC1C(=O)N1CCCC(C)(C(=O)O)C1. The molecule has 1 amide bonds. The number of carboxylic acid groups (broad SMARTS) is 1. The lowest BCUT2D eigenvalue weighted by molar-refractivity contribution is -0.154. The second-order valence-corrected chi connectivity index (χ2v) is 5.87. The molecule has 0 radical (unpaired) electrons. The minimum Gasteiger partial charge on any atom is -0.481 e. The molecule has 0 aliphatic carbocycles. The van der Waals surface area contributed by atoms with E-state index in [9.17, 15) is 14.7 Å². The third-order valence-electron chi connectivity index (χ3n) is 4.37. The van der Waals surface area contributed by atoms with Gasteiger partial charge in [-0.2, -0.15) is 0 Å². The molecule has 0 aromatic heterocycles. The average Bonchev–Trinajstić information content (AvgIpc) is 2.74. The number of piperidine rings is 1. The van der Waals surface area contributed by atoms with Gasteiger partial charge in [-0.25, -0.2) is 0 Å². The fraction of sp³-hybridized carbons (Fsp3) is 0.846. The molecule has 0 spiro atoms. The maximum atomic E-state index is 12.4. The molecule has 0 saturated carbocycles. The number of rotatable bonds is 2. The number of amides is 1. The Balaban J connectivity index is 2.05. The van der Waals surface area contributed by atoms with Crippen molar-refractivity contribution < 1.29 is 14.7 Å². The van der Waals surface area contributed by atoms with Crippen molar-refractivity contribution in [3.63, 3.8) is 0 Å². The second kappa shape index (κ2) is 4.88. The molecule has 0 aromatic rings. The maximum Gasteiger partial charge on any atom is 0.311 e. The highest BCUT2D eigenvalue weighted by Crippen LogP contribution is 2.31. The predicted octanol–water partition coefficient (Wildman–Crippen LogP) is 0.698. The van der Waals surface area contributed by atoms with E-state index in [1.807, 2.05) is 6.92 Å². The highest BCUT2D eigenvalue weighted by molar-refractivity contribution is 5.82. The number of carbonyl (C=O) groups excluding carboxylic acids is 1. The summed E-state index contributed by atoms with van der Waals surface area (Å²) in [6.07, 6.45) is 2.30. The van der Waals surface area contributed by atoms with Gasteiger partial charge in [0.2, 0.25) is 5.91 Å². The number of hydrogen-bond acceptors (Lipinski definition) is 3. The topological polar surface area (TPSA) is 69.6 Å². The lowest BCUT2D eigenvalue weighted by Gasteiger charge is -2.39. The zero-order valence-electron chi connectivity index (χ0n) is 11.1. The summed E-state index contributed by atoms with van der Waals surface area (Å²) in [5.74, 6) is -0.654. The first-order chi connectivity index (χ1) is 8.44. The van der Waals surface area contributed by atoms with Crippen molar-refractivity contribution in [3.8, 4) is 0 Å². The van der Waals surface area contributed by atoms with E-state index in [0.29, 0.717) is 19.5 Å². The zero-order chi connectivity index (χ0) is 13.3. The number of nitrogens with zero attached hydrogens (tertiary/aromatic N) is 1. The number of likely N-dealkylation sites (tertiary alicyclic amines) is 1. The van der Waals surface area contributed by atoms with Crippen LogP contribution >= 0.6 is 0 Å². The normalized spacial score (nSPS) is 36.7. The molecular weight excluding hydrogens is 232 g/mol. The van der Waals surface area contributed by atoms with Gasteiger partial charge in [-0.05, 0) is 39.7 Å². The molecule has 2 N–H and O–H groups in total. The number of carbonyl (C=O) groups is 2. The summed E-state index contributed by atoms with van der Waals surface area (Å²) in [6.45, 7) is 5.69. The third-order valence-corrected chi connectivity index (χ3v) is 4.37. The summed E-state index contributed by atoms with van der Waals surface area (Å²) in [6, 6.07) is 0.204. The van der Waals surface area contributed by atoms with Crippen molar-refractivity contribution in [3.05, 3.63) is 0 Å². The molecule has 2 saturated heterocycles. The van der Waals surface area contributed by atoms with Crippen molar-refractivity contribution in [2.75, 3.05) is 19.6 Å². The monoisotopic (exact) mass is 254 g/mol. The van der Waals surface area contributed by atoms with E-state index in [1.165, 1.54) is 0 Å². The number of nitrogens with one attached hydrogen (secondary N) is 1. The minimum atomic E-state index is -0.794. The largest absolute Gasteiger partial charge is 0.481 e. The first-order valence-electron chi connectivity index (χ1n) is 6.69. The molecule has 3 atom stereocenters. The van der Waals surface area contributed by atoms with Crippen molar-refractivity contribution >= 4 is 11.9 Å². The van der Waals surface area contributed by atoms with Crippen LogP contribution in [0.25, 0.3) is 0 Å². The van der Waals surface area contributed by atoms with Gasteiger partial charge in [0.15, 0.2) is 0 Å². The van der Waals surface area contributed by atoms with E-state index >= 15 is 0 Å². The summed E-state index contributed by atoms with van der Waals surface area (Å²) in [4.78, 5) is 25.4. The molecule has 2 aliphatic heterocycles. The Morgan fingerprint density at radius 3 is 2.72 bits per heavy atom. The van der Waals surface area contributed by atoms with Gasteiger partial charge < -0.3 is 15.3 Å². The number of hydrogen-bond donors (Lipinski definition) is 2. The first-order valence-corrected chi connectivity index (χ1v) is 6.69. The molecule has 0 bridgehead atoms. The van der Waals surface area contributed by atoms with E-state index in [1.54, 1.807) is 11.8 Å². The average molecular weight is 254 g/mol. The quantitative estimate of drug-likeness (QED) is 0.761. The van der Waals surface area contributed by atoms with Crippen LogP contribution < -0.4 is 5.32 Å². The molecule has 2 rings (SSSR count). The molecule has 5 nitrogen and oxygen atoms in total. The van der Waals surface area contributed by atoms with Crippen LogP contribution in [0.15, 0.2) is 0 Å². The standard InChI is InChI=1S/C13H22N2O3/c1-9-10(4-6-14-9)11(16)15-7-3-5-13(2,8-15)12(17)18/h9-10,14H,3-8H2,1-2H3,(H,17,18). The Bertz CT molecular complexity index is 358. The van der Waals surface area contributed by atoms with E-state index < -0.39 is 11.4 Å². The Labute approximate surface area is 108 Å². The molecule has 3 unspecified atom stereocenters. The summed E-state index contributed by atoms with van der Waals surface area (Å²) < 4.78 is 0. The van der Waals surface area contributed by atoms with Crippen LogP contribution in [-0.2, 0) is 9.59 Å². The van der Waals surface area contributed by atoms with Crippen LogP contribution in [0.3, 0.4) is 0 Å². The van der Waals surface area contributed by atoms with Gasteiger partial charge in [0.25, 0.3) is 0 Å². The van der Waals surface area contributed by atoms with Crippen molar-refractivity contribution in [1.29, 1.82) is 0 Å². The Morgan fingerprint density at radius 1 is 1.44 bits per heavy atom. The third kappa shape index (κ3) is 2.36. The van der Waals surface area contributed by atoms with E-state index in [-0.39, 0.29) is 17.9 Å². The molecule has 5 heteroatoms. The molecule has 2 aliphatic rings. The van der Waals surface area contributed by atoms with Crippen LogP contribution in [0.5, 0.6) is 0 Å². The fourth-order valence-electron chi connectivity index (χ4n) is 3.03. The highest BCUT2D eigenvalue weighted by atomic mass is 16.4. The van der Waals surface area contributed by atoms with Crippen LogP contribution in [0.1, 0.15) is 33.1 Å². The Kier molecular flexibility index (Phi) is 3.61. The van der Waals surface area contributed by atoms with Gasteiger partial charge >= 0.3 is 5.97 Å². The highest BCUT2D eigenvalue weighted by Gasteiger charge is 2.42. The van der Waals surface area contributed by atoms with Crippen LogP contribution in [0.2, 0.25) is 0 Å². The molecule has 2 fully saturated rings. The summed E-state index contributed by atoms with van der Waals surface area (Å²) in [5.41, 5.74) is -0.775. The molecule has 102 valence electrons. The summed E-state index contributed by atoms with van der Waals surface area (Å²) in [7, 11) is 0. The molecule has 0 aromatic carbocycles. The smallest absolute Gasteiger partial charge is 0.311 e. The second-order valence-electron chi connectivity index (χ2n) is 5.87. The minimum absolute atomic E-state index is 0.0149. The first kappa shape index (κ1) is 13.3. The lowest BCUT2D eigenvalue weighted by Crippen LogP contribution is -2.51. The van der Waals surface area contributed by atoms with Crippen molar-refractivity contribution in [2.24, 2.45) is 11.3 Å². The molecular formula is C13H22N2O3. The Morgan fingerprint density at radius 2 is 2.17 bits per heavy atom. The number of aliphatic carboxylic acids is 1. The van der Waals surface area contributed by atoms with Gasteiger partial charge in [0.05, 0.1) is 11.3 Å². The Hall–Kier alpha value is -1.10. The maximum absolute atomic E-state index is 12.4. The predicted molar refractivity (Wildman–Crippen MR) is 67.1 cm³/mol. The van der Waals surface area contributed by atoms with Gasteiger partial charge in [0, 0.05) is 19.1 Å². The molecule has 2 heterocycles. The summed E-state index contributed by atoms with van der Waals surface area (Å²) >= 11 is 0. The van der Waals surface area contributed by atoms with Crippen molar-refractivity contribution in [2.45, 2.75) is 39.2 Å². The fourth-order valence-corrected chi connectivity index (χ4v) is 3.03. The van der Waals surface area contributed by atoms with Gasteiger partial charge in [-0.1, -0.05) is 0 Å². The van der Waals surface area contributed by atoms with Crippen LogP contribution in [0.4, 0.5) is 0 Å². The summed E-state index contributed by atoms with van der Waals surface area (Å²) in [5, 5.41) is 12.5. The lowest BCUT2D eigenvalue weighted by atomic mass is 9.81. The van der Waals surface area contributed by atoms with Crippen LogP contribution in [0, 0.1) is 11.3 Å². The van der Waals surface area contributed by atoms with Crippen molar-refractivity contribution in [1.82, 2.24) is 10.2 Å². The zero-order valence-corrected chi connectivity index (χ0v) is 11.1. The van der Waals surface area contributed by atoms with Gasteiger partial charge in [-0.3, -0.25) is 9.59 Å². The van der Waals surface area contributed by atoms with Gasteiger partial charge in [-0.15, -0.1) is 0 Å². The van der Waals surface area contributed by atoms with E-state index in [0.717, 1.165) is 19.4 Å². The van der Waals surface area contributed by atoms with Crippen LogP contribution in [-0.4, -0.2) is 47.6 Å². The molecule has 18 heavy (non-hydrogen) atoms. The van der Waals surface area contributed by atoms with E-state index in [2.05, 4.69) is 5.32 Å². The van der Waals surface area contributed by atoms with E-state index in [4.69, 9.17) is 0 Å². The number of carboxylic acids is 1. The van der Waals surface area contributed by atoms with Gasteiger partial charge in [0.1, 0.15) is 0 Å².